The molecular formula is C37H42N6O3S4. The molecule has 2 aliphatic rings. The standard InChI is InChI=1S/C19H21N3OS2.C17H17N3OS2.CH4O/c1-11(23)20-18-17(19-21-14-6-4-5-7-15(14)24-19)13-9-8-12(22(2)3)10-16(13)25-18;1-9(21)19-16-15(11-7-6-10(18)8-14(11)23-16)17-20-12-4-2-3-5-13(12)22-17;1-2/h4-7,12H,8-10H2,1-3H3,(H,20,23);2-5,10H,6-8,18H2,1H3,(H,19,21);2H,1H3. The lowest BCUT2D eigenvalue weighted by Crippen LogP contribution is -2.32. The van der Waals surface area contributed by atoms with Crippen LogP contribution in [0.25, 0.3) is 41.6 Å². The number of thiazole rings is 2. The molecule has 0 bridgehead atoms. The smallest absolute Gasteiger partial charge is 0.221 e. The Balaban J connectivity index is 0.000000165. The van der Waals surface area contributed by atoms with Crippen molar-refractivity contribution in [3.63, 3.8) is 0 Å². The molecule has 0 aliphatic heterocycles. The van der Waals surface area contributed by atoms with Crippen molar-refractivity contribution in [1.82, 2.24) is 14.9 Å². The van der Waals surface area contributed by atoms with Crippen LogP contribution in [0.2, 0.25) is 0 Å². The first-order valence-electron chi connectivity index (χ1n) is 16.6. The zero-order chi connectivity index (χ0) is 35.5. The van der Waals surface area contributed by atoms with Gasteiger partial charge in [0.15, 0.2) is 0 Å². The van der Waals surface area contributed by atoms with Crippen LogP contribution in [0.3, 0.4) is 0 Å². The van der Waals surface area contributed by atoms with Crippen molar-refractivity contribution < 1.29 is 14.7 Å². The van der Waals surface area contributed by atoms with E-state index in [1.165, 1.54) is 30.3 Å². The molecule has 0 saturated carbocycles. The topological polar surface area (TPSA) is 133 Å². The predicted molar refractivity (Wildman–Crippen MR) is 212 cm³/mol. The summed E-state index contributed by atoms with van der Waals surface area (Å²) in [5, 5.41) is 16.9. The van der Waals surface area contributed by atoms with E-state index in [9.17, 15) is 9.59 Å². The average molecular weight is 747 g/mol. The molecule has 9 nitrogen and oxygen atoms in total. The van der Waals surface area contributed by atoms with Crippen molar-refractivity contribution in [3.05, 3.63) is 69.4 Å². The van der Waals surface area contributed by atoms with Crippen LogP contribution in [-0.4, -0.2) is 65.1 Å². The third-order valence-electron chi connectivity index (χ3n) is 8.87. The Labute approximate surface area is 308 Å². The summed E-state index contributed by atoms with van der Waals surface area (Å²) in [7, 11) is 5.29. The number of hydrogen-bond donors (Lipinski definition) is 4. The van der Waals surface area contributed by atoms with Crippen LogP contribution in [0.15, 0.2) is 48.5 Å². The number of nitrogens with two attached hydrogens (primary N) is 1. The first kappa shape index (κ1) is 36.2. The molecule has 5 N–H and O–H groups in total. The minimum atomic E-state index is -0.0461. The highest BCUT2D eigenvalue weighted by atomic mass is 32.1. The van der Waals surface area contributed by atoms with E-state index >= 15 is 0 Å². The van der Waals surface area contributed by atoms with Gasteiger partial charge in [0.25, 0.3) is 0 Å². The number of hydrogen-bond acceptors (Lipinski definition) is 11. The van der Waals surface area contributed by atoms with Crippen LogP contribution in [0.1, 0.15) is 47.6 Å². The van der Waals surface area contributed by atoms with Gasteiger partial charge in [-0.1, -0.05) is 24.3 Å². The van der Waals surface area contributed by atoms with Crippen molar-refractivity contribution >= 4 is 87.6 Å². The van der Waals surface area contributed by atoms with Crippen LogP contribution in [0.4, 0.5) is 10.0 Å². The first-order chi connectivity index (χ1) is 24.1. The number of benzene rings is 2. The van der Waals surface area contributed by atoms with Gasteiger partial charge in [0.05, 0.1) is 20.4 Å². The summed E-state index contributed by atoms with van der Waals surface area (Å²) in [5.41, 5.74) is 13.1. The molecule has 0 fully saturated rings. The maximum absolute atomic E-state index is 11.7. The maximum atomic E-state index is 11.7. The fraction of sp³-hybridized carbons (Fsp3) is 0.351. The lowest BCUT2D eigenvalue weighted by atomic mass is 9.91. The molecule has 2 unspecified atom stereocenters. The van der Waals surface area contributed by atoms with Crippen LogP contribution in [-0.2, 0) is 35.3 Å². The molecule has 262 valence electrons. The zero-order valence-electron chi connectivity index (χ0n) is 28.8. The Morgan fingerprint density at radius 1 is 0.740 bits per heavy atom. The molecule has 0 saturated heterocycles. The molecule has 2 atom stereocenters. The second-order valence-electron chi connectivity index (χ2n) is 12.6. The number of rotatable bonds is 5. The summed E-state index contributed by atoms with van der Waals surface area (Å²) in [6.07, 6.45) is 6.06. The molecule has 50 heavy (non-hydrogen) atoms. The fourth-order valence-corrected chi connectivity index (χ4v) is 11.5. The number of nitrogens with zero attached hydrogens (tertiary/aromatic N) is 3. The molecule has 13 heteroatoms. The minimum absolute atomic E-state index is 0.0230. The van der Waals surface area contributed by atoms with Crippen molar-refractivity contribution in [2.75, 3.05) is 31.8 Å². The van der Waals surface area contributed by atoms with Crippen molar-refractivity contribution in [1.29, 1.82) is 0 Å². The van der Waals surface area contributed by atoms with Gasteiger partial charge in [-0.2, -0.15) is 0 Å². The predicted octanol–water partition coefficient (Wildman–Crippen LogP) is 7.81. The first-order valence-corrected chi connectivity index (χ1v) is 19.8. The van der Waals surface area contributed by atoms with Gasteiger partial charge in [-0.05, 0) is 88.0 Å². The van der Waals surface area contributed by atoms with E-state index in [4.69, 9.17) is 20.8 Å². The molecule has 2 amide bonds. The molecule has 8 rings (SSSR count). The van der Waals surface area contributed by atoms with E-state index < -0.39 is 0 Å². The molecule has 4 heterocycles. The lowest BCUT2D eigenvalue weighted by Gasteiger charge is -2.28. The second-order valence-corrected chi connectivity index (χ2v) is 16.9. The minimum Gasteiger partial charge on any atom is -0.400 e. The van der Waals surface area contributed by atoms with Gasteiger partial charge >= 0.3 is 0 Å². The van der Waals surface area contributed by atoms with E-state index in [1.807, 2.05) is 36.4 Å². The largest absolute Gasteiger partial charge is 0.400 e. The van der Waals surface area contributed by atoms with Gasteiger partial charge in [-0.25, -0.2) is 9.97 Å². The monoisotopic (exact) mass is 746 g/mol. The molecule has 0 spiro atoms. The highest BCUT2D eigenvalue weighted by Gasteiger charge is 2.30. The highest BCUT2D eigenvalue weighted by Crippen LogP contribution is 2.47. The van der Waals surface area contributed by atoms with Crippen LogP contribution < -0.4 is 16.4 Å². The Bertz CT molecular complexity index is 2080. The van der Waals surface area contributed by atoms with Crippen molar-refractivity contribution in [2.45, 2.75) is 64.5 Å². The number of carbonyl (C=O) groups is 2. The Kier molecular flexibility index (Phi) is 11.4. The summed E-state index contributed by atoms with van der Waals surface area (Å²) in [6, 6.07) is 17.2. The van der Waals surface area contributed by atoms with E-state index in [0.29, 0.717) is 6.04 Å². The Morgan fingerprint density at radius 3 is 1.66 bits per heavy atom. The van der Waals surface area contributed by atoms with Crippen molar-refractivity contribution in [3.8, 4) is 21.1 Å². The van der Waals surface area contributed by atoms with E-state index in [-0.39, 0.29) is 17.9 Å². The number of nitrogens with one attached hydrogen (secondary N) is 2. The van der Waals surface area contributed by atoms with Crippen LogP contribution >= 0.6 is 45.3 Å². The van der Waals surface area contributed by atoms with Gasteiger partial charge < -0.3 is 26.4 Å². The summed E-state index contributed by atoms with van der Waals surface area (Å²) >= 11 is 6.77. The number of aliphatic hydroxyl groups is 1. The van der Waals surface area contributed by atoms with E-state index in [0.717, 1.165) is 87.8 Å². The van der Waals surface area contributed by atoms with Gasteiger partial charge in [0.2, 0.25) is 11.8 Å². The molecule has 4 aromatic heterocycles. The molecule has 0 radical (unpaired) electrons. The normalized spacial score (nSPS) is 16.6. The number of amides is 2. The third-order valence-corrected chi connectivity index (χ3v) is 13.3. The number of carbonyl (C=O) groups excluding carboxylic acids is 2. The second kappa shape index (κ2) is 15.8. The number of aromatic nitrogens is 2. The van der Waals surface area contributed by atoms with Gasteiger partial charge in [-0.3, -0.25) is 9.59 Å². The van der Waals surface area contributed by atoms with E-state index in [1.54, 1.807) is 59.2 Å². The zero-order valence-corrected chi connectivity index (χ0v) is 32.1. The number of anilines is 2. The van der Waals surface area contributed by atoms with Gasteiger partial charge in [0.1, 0.15) is 20.0 Å². The number of aliphatic hydroxyl groups excluding tert-OH is 1. The lowest BCUT2D eigenvalue weighted by molar-refractivity contribution is -0.115. The van der Waals surface area contributed by atoms with E-state index in [2.05, 4.69) is 41.8 Å². The van der Waals surface area contributed by atoms with Gasteiger partial charge in [0, 0.05) is 53.9 Å². The average Bonchev–Trinajstić information content (AvgIpc) is 3.86. The van der Waals surface area contributed by atoms with Crippen molar-refractivity contribution in [2.24, 2.45) is 5.73 Å². The number of fused-ring (bicyclic) bond motifs is 4. The SMILES string of the molecule is CC(=O)Nc1sc2c(c1-c1nc3ccccc3s1)CCC(N(C)C)C2.CC(=O)Nc1sc2c(c1-c1nc3ccccc3s1)CCC(N)C2.CO. The molecule has 2 aliphatic carbocycles. The fourth-order valence-electron chi connectivity index (χ4n) is 6.53. The van der Waals surface area contributed by atoms with Crippen LogP contribution in [0, 0.1) is 0 Å². The number of thiophene rings is 2. The number of para-hydroxylation sites is 2. The highest BCUT2D eigenvalue weighted by molar-refractivity contribution is 7.23. The molecule has 6 aromatic rings. The summed E-state index contributed by atoms with van der Waals surface area (Å²) in [4.78, 5) is 38.0. The molecule has 2 aromatic carbocycles. The quantitative estimate of drug-likeness (QED) is 0.142. The number of likely N-dealkylation sites (N-methyl/N-ethyl adjacent to an activating group) is 1. The summed E-state index contributed by atoms with van der Waals surface area (Å²) < 4.78 is 2.36. The maximum Gasteiger partial charge on any atom is 0.221 e. The third kappa shape index (κ3) is 7.69. The Morgan fingerprint density at radius 2 is 1.20 bits per heavy atom. The summed E-state index contributed by atoms with van der Waals surface area (Å²) in [5.74, 6) is -0.0691. The summed E-state index contributed by atoms with van der Waals surface area (Å²) in [6.45, 7) is 3.12. The van der Waals surface area contributed by atoms with Gasteiger partial charge in [-0.15, -0.1) is 45.3 Å². The van der Waals surface area contributed by atoms with Crippen LogP contribution in [0.5, 0.6) is 0 Å². The molecular weight excluding hydrogens is 705 g/mol. The Hall–Kier alpha value is -3.56.